The van der Waals surface area contributed by atoms with E-state index >= 15 is 0 Å². The number of likely N-dealkylation sites (tertiary alicyclic amines) is 1. The Hall–Kier alpha value is -2.10. The van der Waals surface area contributed by atoms with Crippen molar-refractivity contribution < 1.29 is 13.6 Å². The lowest BCUT2D eigenvalue weighted by Gasteiger charge is -2.24. The number of halogens is 2. The highest BCUT2D eigenvalue weighted by molar-refractivity contribution is 7.99. The molecule has 1 aliphatic heterocycles. The number of rotatable bonds is 8. The second-order valence-electron chi connectivity index (χ2n) is 8.18. The largest absolute Gasteiger partial charge is 0.353 e. The number of aryl methyl sites for hydroxylation is 2. The summed E-state index contributed by atoms with van der Waals surface area (Å²) < 4.78 is 27.6. The second-order valence-corrected chi connectivity index (χ2v) is 9.45. The maximum absolute atomic E-state index is 14.3. The van der Waals surface area contributed by atoms with Gasteiger partial charge in [0.1, 0.15) is 11.6 Å². The Morgan fingerprint density at radius 2 is 1.94 bits per heavy atom. The fourth-order valence-electron chi connectivity index (χ4n) is 3.68. The molecule has 0 unspecified atom stereocenters. The summed E-state index contributed by atoms with van der Waals surface area (Å²) >= 11 is 1.54. The SMILES string of the molecule is Cc1cc(C)nc(S[C@@H]2C[C@@H](C(=O)NCCN(C)C)N(Cc3ccc(F)cc3F)C2)n1. The predicted octanol–water partition coefficient (Wildman–Crippen LogP) is 2.78. The maximum atomic E-state index is 14.3. The molecule has 0 saturated carbocycles. The van der Waals surface area contributed by atoms with Crippen LogP contribution in [0.4, 0.5) is 8.78 Å². The van der Waals surface area contributed by atoms with Crippen molar-refractivity contribution in [1.82, 2.24) is 25.1 Å². The Bertz CT molecular complexity index is 907. The molecule has 1 fully saturated rings. The average Bonchev–Trinajstić information content (AvgIpc) is 3.05. The zero-order valence-electron chi connectivity index (χ0n) is 18.4. The van der Waals surface area contributed by atoms with Gasteiger partial charge in [-0.15, -0.1) is 0 Å². The Balaban J connectivity index is 1.74. The van der Waals surface area contributed by atoms with Crippen molar-refractivity contribution in [3.63, 3.8) is 0 Å². The lowest BCUT2D eigenvalue weighted by atomic mass is 10.1. The molecule has 3 rings (SSSR count). The summed E-state index contributed by atoms with van der Waals surface area (Å²) in [5, 5.41) is 3.76. The van der Waals surface area contributed by atoms with Crippen molar-refractivity contribution in [3.05, 3.63) is 52.9 Å². The molecule has 1 amide bonds. The molecule has 2 atom stereocenters. The van der Waals surface area contributed by atoms with E-state index in [1.165, 1.54) is 12.1 Å². The third-order valence-corrected chi connectivity index (χ3v) is 6.22. The van der Waals surface area contributed by atoms with Crippen LogP contribution in [0.5, 0.6) is 0 Å². The van der Waals surface area contributed by atoms with Gasteiger partial charge in [0, 0.05) is 54.4 Å². The molecular formula is C22H29F2N5OS. The number of aromatic nitrogens is 2. The monoisotopic (exact) mass is 449 g/mol. The van der Waals surface area contributed by atoms with Gasteiger partial charge in [0.25, 0.3) is 0 Å². The van der Waals surface area contributed by atoms with Gasteiger partial charge in [0.15, 0.2) is 5.16 Å². The number of hydrogen-bond acceptors (Lipinski definition) is 6. The van der Waals surface area contributed by atoms with Crippen LogP contribution in [-0.4, -0.2) is 70.7 Å². The highest BCUT2D eigenvalue weighted by Crippen LogP contribution is 2.33. The summed E-state index contributed by atoms with van der Waals surface area (Å²) in [5.41, 5.74) is 2.17. The van der Waals surface area contributed by atoms with Crippen LogP contribution in [0.25, 0.3) is 0 Å². The Kier molecular flexibility index (Phi) is 7.96. The van der Waals surface area contributed by atoms with Gasteiger partial charge < -0.3 is 10.2 Å². The summed E-state index contributed by atoms with van der Waals surface area (Å²) in [6, 6.07) is 5.10. The summed E-state index contributed by atoms with van der Waals surface area (Å²) in [5.74, 6) is -1.28. The summed E-state index contributed by atoms with van der Waals surface area (Å²) in [6.45, 7) is 5.96. The number of carbonyl (C=O) groups is 1. The molecule has 1 N–H and O–H groups in total. The van der Waals surface area contributed by atoms with Crippen LogP contribution in [0.1, 0.15) is 23.4 Å². The van der Waals surface area contributed by atoms with Crippen molar-refractivity contribution in [3.8, 4) is 0 Å². The van der Waals surface area contributed by atoms with Gasteiger partial charge >= 0.3 is 0 Å². The number of benzene rings is 1. The minimum atomic E-state index is -0.610. The van der Waals surface area contributed by atoms with E-state index in [1.54, 1.807) is 11.8 Å². The molecule has 1 aromatic carbocycles. The number of nitrogens with one attached hydrogen (secondary N) is 1. The minimum Gasteiger partial charge on any atom is -0.353 e. The third-order valence-electron chi connectivity index (χ3n) is 5.15. The molecular weight excluding hydrogens is 420 g/mol. The number of hydrogen-bond donors (Lipinski definition) is 1. The molecule has 1 saturated heterocycles. The first-order valence-corrected chi connectivity index (χ1v) is 11.2. The lowest BCUT2D eigenvalue weighted by molar-refractivity contribution is -0.125. The Morgan fingerprint density at radius 1 is 1.23 bits per heavy atom. The fourth-order valence-corrected chi connectivity index (χ4v) is 4.92. The average molecular weight is 450 g/mol. The molecule has 0 spiro atoms. The van der Waals surface area contributed by atoms with Gasteiger partial charge in [0.2, 0.25) is 5.91 Å². The number of carbonyl (C=O) groups excluding carboxylic acids is 1. The van der Waals surface area contributed by atoms with Crippen molar-refractivity contribution in [1.29, 1.82) is 0 Å². The summed E-state index contributed by atoms with van der Waals surface area (Å²) in [6.07, 6.45) is 0.609. The third kappa shape index (κ3) is 6.69. The van der Waals surface area contributed by atoms with Crippen molar-refractivity contribution in [2.75, 3.05) is 33.7 Å². The molecule has 1 aliphatic rings. The van der Waals surface area contributed by atoms with Crippen LogP contribution in [0.3, 0.4) is 0 Å². The zero-order chi connectivity index (χ0) is 22.5. The maximum Gasteiger partial charge on any atom is 0.237 e. The van der Waals surface area contributed by atoms with E-state index in [-0.39, 0.29) is 17.7 Å². The first-order chi connectivity index (χ1) is 14.7. The highest BCUT2D eigenvalue weighted by Gasteiger charge is 2.37. The Morgan fingerprint density at radius 3 is 2.58 bits per heavy atom. The van der Waals surface area contributed by atoms with Gasteiger partial charge in [-0.05, 0) is 46.5 Å². The van der Waals surface area contributed by atoms with Gasteiger partial charge in [-0.3, -0.25) is 9.69 Å². The molecule has 9 heteroatoms. The minimum absolute atomic E-state index is 0.0752. The first-order valence-electron chi connectivity index (χ1n) is 10.3. The normalized spacial score (nSPS) is 19.2. The molecule has 2 heterocycles. The number of nitrogens with zero attached hydrogens (tertiary/aromatic N) is 4. The molecule has 168 valence electrons. The van der Waals surface area contributed by atoms with Crippen LogP contribution < -0.4 is 5.32 Å². The summed E-state index contributed by atoms with van der Waals surface area (Å²) in [4.78, 5) is 25.9. The van der Waals surface area contributed by atoms with Crippen molar-refractivity contribution in [2.45, 2.75) is 43.3 Å². The molecule has 31 heavy (non-hydrogen) atoms. The quantitative estimate of drug-likeness (QED) is 0.626. The highest BCUT2D eigenvalue weighted by atomic mass is 32.2. The smallest absolute Gasteiger partial charge is 0.237 e. The van der Waals surface area contributed by atoms with E-state index in [1.807, 2.05) is 43.8 Å². The number of thioether (sulfide) groups is 1. The van der Waals surface area contributed by atoms with Gasteiger partial charge in [0.05, 0.1) is 6.04 Å². The van der Waals surface area contributed by atoms with E-state index < -0.39 is 17.7 Å². The van der Waals surface area contributed by atoms with Crippen LogP contribution >= 0.6 is 11.8 Å². The van der Waals surface area contributed by atoms with Crippen LogP contribution in [0, 0.1) is 25.5 Å². The van der Waals surface area contributed by atoms with Crippen LogP contribution in [0.2, 0.25) is 0 Å². The second kappa shape index (κ2) is 10.5. The number of amides is 1. The predicted molar refractivity (Wildman–Crippen MR) is 118 cm³/mol. The van der Waals surface area contributed by atoms with Crippen molar-refractivity contribution in [2.24, 2.45) is 0 Å². The van der Waals surface area contributed by atoms with Gasteiger partial charge in [-0.1, -0.05) is 17.8 Å². The Labute approximate surface area is 186 Å². The van der Waals surface area contributed by atoms with Gasteiger partial charge in [-0.25, -0.2) is 18.7 Å². The first kappa shape index (κ1) is 23.6. The topological polar surface area (TPSA) is 61.4 Å². The standard InChI is InChI=1S/C22H29F2N5OS/c1-14-9-15(2)27-22(26-14)31-18-11-20(21(30)25-7-8-28(3)4)29(13-18)12-16-5-6-17(23)10-19(16)24/h5-6,9-10,18,20H,7-8,11-13H2,1-4H3,(H,25,30)/t18-,20+/m1/s1. The molecule has 2 aromatic rings. The zero-order valence-corrected chi connectivity index (χ0v) is 19.2. The van der Waals surface area contributed by atoms with E-state index in [4.69, 9.17) is 0 Å². The summed E-state index contributed by atoms with van der Waals surface area (Å²) in [7, 11) is 3.89. The molecule has 0 radical (unpaired) electrons. The molecule has 0 aliphatic carbocycles. The molecule has 1 aromatic heterocycles. The number of likely N-dealkylation sites (N-methyl/N-ethyl adjacent to an activating group) is 1. The van der Waals surface area contributed by atoms with Crippen molar-refractivity contribution >= 4 is 17.7 Å². The van der Waals surface area contributed by atoms with E-state index in [2.05, 4.69) is 15.3 Å². The fraction of sp³-hybridized carbons (Fsp3) is 0.500. The van der Waals surface area contributed by atoms with Crippen LogP contribution in [-0.2, 0) is 11.3 Å². The van der Waals surface area contributed by atoms with Gasteiger partial charge in [-0.2, -0.15) is 0 Å². The molecule has 0 bridgehead atoms. The van der Waals surface area contributed by atoms with Crippen LogP contribution in [0.15, 0.2) is 29.4 Å². The van der Waals surface area contributed by atoms with E-state index in [0.29, 0.717) is 30.2 Å². The lowest BCUT2D eigenvalue weighted by Crippen LogP contribution is -2.44. The van der Waals surface area contributed by atoms with E-state index in [0.717, 1.165) is 24.0 Å². The van der Waals surface area contributed by atoms with E-state index in [9.17, 15) is 13.6 Å². The molecule has 6 nitrogen and oxygen atoms in total.